The van der Waals surface area contributed by atoms with Gasteiger partial charge in [-0.3, -0.25) is 0 Å². The summed E-state index contributed by atoms with van der Waals surface area (Å²) in [6.07, 6.45) is 5.94. The highest BCUT2D eigenvalue weighted by Crippen LogP contribution is 2.38. The molecule has 0 radical (unpaired) electrons. The van der Waals surface area contributed by atoms with Gasteiger partial charge in [0.05, 0.1) is 0 Å². The van der Waals surface area contributed by atoms with Crippen LogP contribution in [0, 0.1) is 12.7 Å². The lowest BCUT2D eigenvalue weighted by atomic mass is 9.82. The zero-order chi connectivity index (χ0) is 15.5. The standard InChI is InChI=1S/C18H29FN2/c1-5-20-17(18(21(3)4)10-6-7-11-18)13-15-12-16(19)9-8-14(15)2/h8-9,12,17,20H,5-7,10-11,13H2,1-4H3. The van der Waals surface area contributed by atoms with Crippen molar-refractivity contribution in [3.05, 3.63) is 35.1 Å². The number of benzene rings is 1. The molecule has 1 aliphatic carbocycles. The van der Waals surface area contributed by atoms with Crippen LogP contribution in [0.25, 0.3) is 0 Å². The van der Waals surface area contributed by atoms with Crippen LogP contribution in [0.1, 0.15) is 43.7 Å². The first-order chi connectivity index (χ1) is 9.99. The first-order valence-electron chi connectivity index (χ1n) is 8.15. The third-order valence-electron chi connectivity index (χ3n) is 5.19. The van der Waals surface area contributed by atoms with Crippen LogP contribution in [0.3, 0.4) is 0 Å². The molecule has 0 spiro atoms. The average molecular weight is 292 g/mol. The van der Waals surface area contributed by atoms with Crippen LogP contribution < -0.4 is 5.32 Å². The molecule has 0 aliphatic heterocycles. The van der Waals surface area contributed by atoms with Crippen molar-refractivity contribution in [2.45, 2.75) is 57.5 Å². The van der Waals surface area contributed by atoms with Gasteiger partial charge in [-0.25, -0.2) is 4.39 Å². The molecule has 1 atom stereocenters. The highest BCUT2D eigenvalue weighted by atomic mass is 19.1. The van der Waals surface area contributed by atoms with E-state index < -0.39 is 0 Å². The van der Waals surface area contributed by atoms with Crippen LogP contribution in [0.5, 0.6) is 0 Å². The van der Waals surface area contributed by atoms with Crippen LogP contribution in [-0.4, -0.2) is 37.1 Å². The Morgan fingerprint density at radius 2 is 1.95 bits per heavy atom. The van der Waals surface area contributed by atoms with Crippen LogP contribution in [0.4, 0.5) is 4.39 Å². The Bertz CT molecular complexity index is 464. The van der Waals surface area contributed by atoms with Crippen LogP contribution in [-0.2, 0) is 6.42 Å². The van der Waals surface area contributed by atoms with Crippen LogP contribution >= 0.6 is 0 Å². The third-order valence-corrected chi connectivity index (χ3v) is 5.19. The molecule has 1 aromatic rings. The van der Waals surface area contributed by atoms with Gasteiger partial charge in [-0.2, -0.15) is 0 Å². The first kappa shape index (κ1) is 16.4. The minimum Gasteiger partial charge on any atom is -0.312 e. The van der Waals surface area contributed by atoms with E-state index in [-0.39, 0.29) is 11.4 Å². The molecule has 1 saturated carbocycles. The highest BCUT2D eigenvalue weighted by molar-refractivity contribution is 5.28. The maximum atomic E-state index is 13.6. The van der Waals surface area contributed by atoms with E-state index in [0.717, 1.165) is 18.5 Å². The molecule has 118 valence electrons. The predicted octanol–water partition coefficient (Wildman–Crippen LogP) is 3.53. The van der Waals surface area contributed by atoms with E-state index in [2.05, 4.69) is 38.2 Å². The fourth-order valence-corrected chi connectivity index (χ4v) is 3.87. The molecule has 1 N–H and O–H groups in total. The Hall–Kier alpha value is -0.930. The lowest BCUT2D eigenvalue weighted by molar-refractivity contribution is 0.105. The Kier molecular flexibility index (Phi) is 5.39. The number of hydrogen-bond acceptors (Lipinski definition) is 2. The summed E-state index contributed by atoms with van der Waals surface area (Å²) < 4.78 is 13.6. The average Bonchev–Trinajstić information content (AvgIpc) is 2.93. The highest BCUT2D eigenvalue weighted by Gasteiger charge is 2.42. The minimum absolute atomic E-state index is 0.129. The summed E-state index contributed by atoms with van der Waals surface area (Å²) in [5, 5.41) is 3.68. The second-order valence-corrected chi connectivity index (χ2v) is 6.59. The molecule has 1 unspecified atom stereocenters. The molecule has 2 nitrogen and oxygen atoms in total. The summed E-state index contributed by atoms with van der Waals surface area (Å²) in [5.41, 5.74) is 2.52. The first-order valence-corrected chi connectivity index (χ1v) is 8.15. The van der Waals surface area contributed by atoms with Crippen molar-refractivity contribution in [2.24, 2.45) is 0 Å². The fraction of sp³-hybridized carbons (Fsp3) is 0.667. The van der Waals surface area contributed by atoms with Crippen molar-refractivity contribution >= 4 is 0 Å². The molecular formula is C18H29FN2. The van der Waals surface area contributed by atoms with Crippen molar-refractivity contribution in [3.63, 3.8) is 0 Å². The van der Waals surface area contributed by atoms with Gasteiger partial charge in [-0.05, 0) is 70.1 Å². The molecule has 3 heteroatoms. The van der Waals surface area contributed by atoms with Gasteiger partial charge in [0, 0.05) is 11.6 Å². The lowest BCUT2D eigenvalue weighted by Gasteiger charge is -2.44. The number of hydrogen-bond donors (Lipinski definition) is 1. The second kappa shape index (κ2) is 6.89. The van der Waals surface area contributed by atoms with E-state index in [9.17, 15) is 4.39 Å². The SMILES string of the molecule is CCNC(Cc1cc(F)ccc1C)C1(N(C)C)CCCC1. The molecule has 0 saturated heterocycles. The van der Waals surface area contributed by atoms with Crippen molar-refractivity contribution < 1.29 is 4.39 Å². The van der Waals surface area contributed by atoms with Gasteiger partial charge in [0.15, 0.2) is 0 Å². The molecular weight excluding hydrogens is 263 g/mol. The van der Waals surface area contributed by atoms with Crippen molar-refractivity contribution in [3.8, 4) is 0 Å². The molecule has 21 heavy (non-hydrogen) atoms. The van der Waals surface area contributed by atoms with E-state index in [4.69, 9.17) is 0 Å². The molecule has 1 aromatic carbocycles. The monoisotopic (exact) mass is 292 g/mol. The van der Waals surface area contributed by atoms with Gasteiger partial charge in [0.2, 0.25) is 0 Å². The molecule has 0 aromatic heterocycles. The van der Waals surface area contributed by atoms with E-state index in [1.165, 1.54) is 31.2 Å². The third kappa shape index (κ3) is 3.46. The number of aryl methyl sites for hydroxylation is 1. The summed E-state index contributed by atoms with van der Waals surface area (Å²) in [7, 11) is 4.38. The van der Waals surface area contributed by atoms with Gasteiger partial charge in [0.25, 0.3) is 0 Å². The topological polar surface area (TPSA) is 15.3 Å². The molecule has 0 bridgehead atoms. The molecule has 1 fully saturated rings. The van der Waals surface area contributed by atoms with Gasteiger partial charge in [-0.1, -0.05) is 25.8 Å². The van der Waals surface area contributed by atoms with Gasteiger partial charge in [-0.15, -0.1) is 0 Å². The largest absolute Gasteiger partial charge is 0.312 e. The summed E-state index contributed by atoms with van der Waals surface area (Å²) in [4.78, 5) is 2.39. The maximum Gasteiger partial charge on any atom is 0.123 e. The predicted molar refractivity (Wildman–Crippen MR) is 87.2 cm³/mol. The van der Waals surface area contributed by atoms with E-state index in [1.807, 2.05) is 6.07 Å². The Labute approximate surface area is 128 Å². The van der Waals surface area contributed by atoms with E-state index in [1.54, 1.807) is 12.1 Å². The Balaban J connectivity index is 2.28. The second-order valence-electron chi connectivity index (χ2n) is 6.59. The zero-order valence-electron chi connectivity index (χ0n) is 13.9. The molecule has 0 heterocycles. The van der Waals surface area contributed by atoms with Crippen LogP contribution in [0.2, 0.25) is 0 Å². The zero-order valence-corrected chi connectivity index (χ0v) is 13.9. The van der Waals surface area contributed by atoms with Gasteiger partial charge in [0.1, 0.15) is 5.82 Å². The summed E-state index contributed by atoms with van der Waals surface area (Å²) >= 11 is 0. The van der Waals surface area contributed by atoms with E-state index in [0.29, 0.717) is 6.04 Å². The number of rotatable bonds is 6. The summed E-state index contributed by atoms with van der Waals surface area (Å²) in [6, 6.07) is 5.53. The van der Waals surface area contributed by atoms with Gasteiger partial charge >= 0.3 is 0 Å². The Morgan fingerprint density at radius 3 is 2.52 bits per heavy atom. The lowest BCUT2D eigenvalue weighted by Crippen LogP contribution is -2.58. The molecule has 0 amide bonds. The van der Waals surface area contributed by atoms with Gasteiger partial charge < -0.3 is 10.2 Å². The normalized spacial score (nSPS) is 19.1. The number of nitrogens with one attached hydrogen (secondary N) is 1. The smallest absolute Gasteiger partial charge is 0.123 e. The maximum absolute atomic E-state index is 13.6. The number of likely N-dealkylation sites (N-methyl/N-ethyl adjacent to an activating group) is 2. The summed E-state index contributed by atoms with van der Waals surface area (Å²) in [6.45, 7) is 5.19. The number of halogens is 1. The minimum atomic E-state index is -0.129. The number of nitrogens with zero attached hydrogens (tertiary/aromatic N) is 1. The van der Waals surface area contributed by atoms with Crippen molar-refractivity contribution in [1.82, 2.24) is 10.2 Å². The van der Waals surface area contributed by atoms with E-state index >= 15 is 0 Å². The fourth-order valence-electron chi connectivity index (χ4n) is 3.87. The molecule has 1 aliphatic rings. The Morgan fingerprint density at radius 1 is 1.29 bits per heavy atom. The molecule has 2 rings (SSSR count). The van der Waals surface area contributed by atoms with Crippen molar-refractivity contribution in [2.75, 3.05) is 20.6 Å². The summed E-state index contributed by atoms with van der Waals surface area (Å²) in [5.74, 6) is -0.129. The quantitative estimate of drug-likeness (QED) is 0.863. The van der Waals surface area contributed by atoms with Crippen molar-refractivity contribution in [1.29, 1.82) is 0 Å². The van der Waals surface area contributed by atoms with Crippen LogP contribution in [0.15, 0.2) is 18.2 Å².